The Morgan fingerprint density at radius 2 is 2.18 bits per heavy atom. The first-order chi connectivity index (χ1) is 10.6. The molecule has 1 aromatic heterocycles. The first-order valence-corrected chi connectivity index (χ1v) is 7.80. The second-order valence-electron chi connectivity index (χ2n) is 5.14. The summed E-state index contributed by atoms with van der Waals surface area (Å²) in [5, 5.41) is 12.3. The summed E-state index contributed by atoms with van der Waals surface area (Å²) in [7, 11) is 0. The zero-order chi connectivity index (χ0) is 15.9. The van der Waals surface area contributed by atoms with Crippen molar-refractivity contribution in [2.75, 3.05) is 13.2 Å². The summed E-state index contributed by atoms with van der Waals surface area (Å²) in [6, 6.07) is 7.92. The number of aliphatic hydroxyl groups excluding tert-OH is 1. The largest absolute Gasteiger partial charge is 0.396 e. The molecule has 0 bridgehead atoms. The van der Waals surface area contributed by atoms with Crippen molar-refractivity contribution in [1.82, 2.24) is 15.3 Å². The van der Waals surface area contributed by atoms with Crippen LogP contribution in [0.2, 0.25) is 0 Å². The zero-order valence-electron chi connectivity index (χ0n) is 12.3. The summed E-state index contributed by atoms with van der Waals surface area (Å²) in [4.78, 5) is 20.1. The minimum absolute atomic E-state index is 0.00632. The molecule has 1 amide bonds. The zero-order valence-corrected chi connectivity index (χ0v) is 13.9. The van der Waals surface area contributed by atoms with Gasteiger partial charge in [0.15, 0.2) is 0 Å². The highest BCUT2D eigenvalue weighted by Crippen LogP contribution is 2.15. The highest BCUT2D eigenvalue weighted by molar-refractivity contribution is 9.10. The number of carbonyl (C=O) groups is 1. The first-order valence-electron chi connectivity index (χ1n) is 7.00. The Hall–Kier alpha value is -1.79. The molecule has 0 radical (unpaired) electrons. The number of carbonyl (C=O) groups excluding carboxylic acids is 1. The predicted octanol–water partition coefficient (Wildman–Crippen LogP) is 2.13. The minimum Gasteiger partial charge on any atom is -0.396 e. The normalized spacial score (nSPS) is 12.0. The Morgan fingerprint density at radius 1 is 1.36 bits per heavy atom. The molecule has 0 saturated carbocycles. The number of aliphatic hydroxyl groups is 1. The van der Waals surface area contributed by atoms with Crippen molar-refractivity contribution in [2.24, 2.45) is 5.92 Å². The van der Waals surface area contributed by atoms with Gasteiger partial charge in [0.1, 0.15) is 5.69 Å². The summed E-state index contributed by atoms with van der Waals surface area (Å²) in [6.45, 7) is 2.21. The monoisotopic (exact) mass is 363 g/mol. The number of halogens is 1. The number of aryl methyl sites for hydroxylation is 1. The highest BCUT2D eigenvalue weighted by atomic mass is 79.9. The van der Waals surface area contributed by atoms with E-state index in [1.54, 1.807) is 6.20 Å². The molecule has 0 spiro atoms. The molecule has 0 aliphatic rings. The average Bonchev–Trinajstić information content (AvgIpc) is 2.52. The fourth-order valence-corrected chi connectivity index (χ4v) is 2.48. The molecule has 1 atom stereocenters. The Balaban J connectivity index is 1.90. The van der Waals surface area contributed by atoms with Crippen LogP contribution in [0.1, 0.15) is 21.7 Å². The second-order valence-corrected chi connectivity index (χ2v) is 6.05. The lowest BCUT2D eigenvalue weighted by Crippen LogP contribution is -2.32. The van der Waals surface area contributed by atoms with Gasteiger partial charge in [-0.3, -0.25) is 9.78 Å². The average molecular weight is 364 g/mol. The van der Waals surface area contributed by atoms with Gasteiger partial charge in [0, 0.05) is 29.7 Å². The van der Waals surface area contributed by atoms with Crippen molar-refractivity contribution in [3.05, 3.63) is 58.1 Å². The molecule has 0 aliphatic heterocycles. The number of nitrogens with one attached hydrogen (secondary N) is 1. The quantitative estimate of drug-likeness (QED) is 0.824. The van der Waals surface area contributed by atoms with E-state index < -0.39 is 0 Å². The molecule has 2 N–H and O–H groups in total. The maximum absolute atomic E-state index is 12.0. The van der Waals surface area contributed by atoms with Crippen molar-refractivity contribution >= 4 is 21.8 Å². The van der Waals surface area contributed by atoms with Crippen molar-refractivity contribution < 1.29 is 9.90 Å². The van der Waals surface area contributed by atoms with Crippen LogP contribution in [0.3, 0.4) is 0 Å². The topological polar surface area (TPSA) is 75.1 Å². The summed E-state index contributed by atoms with van der Waals surface area (Å²) in [6.07, 6.45) is 3.70. The van der Waals surface area contributed by atoms with Crippen LogP contribution in [0.4, 0.5) is 0 Å². The van der Waals surface area contributed by atoms with Crippen LogP contribution < -0.4 is 5.32 Å². The van der Waals surface area contributed by atoms with Crippen molar-refractivity contribution in [1.29, 1.82) is 0 Å². The predicted molar refractivity (Wildman–Crippen MR) is 87.5 cm³/mol. The third-order valence-corrected chi connectivity index (χ3v) is 3.73. The number of nitrogens with zero attached hydrogens (tertiary/aromatic N) is 2. The fraction of sp³-hybridized carbons (Fsp3) is 0.312. The van der Waals surface area contributed by atoms with Crippen LogP contribution in [0.15, 0.2) is 41.1 Å². The molecule has 1 aromatic carbocycles. The lowest BCUT2D eigenvalue weighted by molar-refractivity contribution is 0.0934. The highest BCUT2D eigenvalue weighted by Gasteiger charge is 2.13. The molecule has 22 heavy (non-hydrogen) atoms. The molecular weight excluding hydrogens is 346 g/mol. The maximum Gasteiger partial charge on any atom is 0.271 e. The van der Waals surface area contributed by atoms with E-state index in [0.29, 0.717) is 13.0 Å². The fourth-order valence-electron chi connectivity index (χ4n) is 2.04. The third-order valence-electron chi connectivity index (χ3n) is 3.24. The van der Waals surface area contributed by atoms with Gasteiger partial charge in [-0.05, 0) is 31.0 Å². The number of hydrogen-bond acceptors (Lipinski definition) is 4. The molecular formula is C16H18BrN3O2. The van der Waals surface area contributed by atoms with E-state index in [1.165, 1.54) is 6.20 Å². The van der Waals surface area contributed by atoms with Crippen LogP contribution >= 0.6 is 15.9 Å². The van der Waals surface area contributed by atoms with E-state index >= 15 is 0 Å². The Labute approximate surface area is 137 Å². The molecule has 5 nitrogen and oxygen atoms in total. The van der Waals surface area contributed by atoms with E-state index in [0.717, 1.165) is 15.7 Å². The molecule has 1 unspecified atom stereocenters. The van der Waals surface area contributed by atoms with Crippen molar-refractivity contribution in [3.63, 3.8) is 0 Å². The van der Waals surface area contributed by atoms with Gasteiger partial charge in [-0.1, -0.05) is 28.1 Å². The summed E-state index contributed by atoms with van der Waals surface area (Å²) < 4.78 is 1.00. The molecule has 0 fully saturated rings. The van der Waals surface area contributed by atoms with Gasteiger partial charge in [-0.2, -0.15) is 0 Å². The van der Waals surface area contributed by atoms with Gasteiger partial charge in [0.25, 0.3) is 5.91 Å². The minimum atomic E-state index is -0.278. The summed E-state index contributed by atoms with van der Waals surface area (Å²) in [5.74, 6) is -0.322. The second kappa shape index (κ2) is 8.00. The van der Waals surface area contributed by atoms with E-state index in [9.17, 15) is 9.90 Å². The van der Waals surface area contributed by atoms with Gasteiger partial charge in [0.2, 0.25) is 0 Å². The maximum atomic E-state index is 12.0. The van der Waals surface area contributed by atoms with Crippen LogP contribution in [0, 0.1) is 12.8 Å². The van der Waals surface area contributed by atoms with Gasteiger partial charge >= 0.3 is 0 Å². The first kappa shape index (κ1) is 16.6. The van der Waals surface area contributed by atoms with Crippen LogP contribution in [-0.4, -0.2) is 34.1 Å². The molecule has 2 aromatic rings. The molecule has 2 rings (SSSR count). The number of aromatic nitrogens is 2. The van der Waals surface area contributed by atoms with Crippen molar-refractivity contribution in [3.8, 4) is 0 Å². The lowest BCUT2D eigenvalue weighted by atomic mass is 10.00. The Bertz CT molecular complexity index is 632. The summed E-state index contributed by atoms with van der Waals surface area (Å²) >= 11 is 3.43. The Kier molecular flexibility index (Phi) is 6.03. The SMILES string of the molecule is Cc1cnc(C(=O)NCC(CO)Cc2cccc(Br)c2)cn1. The van der Waals surface area contributed by atoms with E-state index in [4.69, 9.17) is 0 Å². The van der Waals surface area contributed by atoms with Crippen LogP contribution in [0.5, 0.6) is 0 Å². The van der Waals surface area contributed by atoms with E-state index in [1.807, 2.05) is 31.2 Å². The smallest absolute Gasteiger partial charge is 0.271 e. The van der Waals surface area contributed by atoms with Crippen molar-refractivity contribution in [2.45, 2.75) is 13.3 Å². The van der Waals surface area contributed by atoms with Gasteiger partial charge in [0.05, 0.1) is 11.9 Å². The molecule has 6 heteroatoms. The van der Waals surface area contributed by atoms with E-state index in [2.05, 4.69) is 31.2 Å². The van der Waals surface area contributed by atoms with Gasteiger partial charge in [-0.25, -0.2) is 4.98 Å². The van der Waals surface area contributed by atoms with Gasteiger partial charge < -0.3 is 10.4 Å². The van der Waals surface area contributed by atoms with E-state index in [-0.39, 0.29) is 24.1 Å². The molecule has 0 saturated heterocycles. The Morgan fingerprint density at radius 3 is 2.82 bits per heavy atom. The summed E-state index contributed by atoms with van der Waals surface area (Å²) in [5.41, 5.74) is 2.15. The van der Waals surface area contributed by atoms with Crippen LogP contribution in [0.25, 0.3) is 0 Å². The van der Waals surface area contributed by atoms with Crippen LogP contribution in [-0.2, 0) is 6.42 Å². The number of rotatable bonds is 6. The molecule has 1 heterocycles. The molecule has 116 valence electrons. The number of benzene rings is 1. The number of amides is 1. The number of hydrogen-bond donors (Lipinski definition) is 2. The van der Waals surface area contributed by atoms with Gasteiger partial charge in [-0.15, -0.1) is 0 Å². The molecule has 0 aliphatic carbocycles. The lowest BCUT2D eigenvalue weighted by Gasteiger charge is -2.15. The standard InChI is InChI=1S/C16H18BrN3O2/c1-11-7-19-15(9-18-11)16(22)20-8-13(10-21)5-12-3-2-4-14(17)6-12/h2-4,6-7,9,13,21H,5,8,10H2,1H3,(H,20,22). The third kappa shape index (κ3) is 4.89.